The lowest BCUT2D eigenvalue weighted by Gasteiger charge is -2.19. The van der Waals surface area contributed by atoms with Gasteiger partial charge in [-0.1, -0.05) is 57.2 Å². The van der Waals surface area contributed by atoms with Crippen LogP contribution in [0.4, 0.5) is 0 Å². The van der Waals surface area contributed by atoms with E-state index < -0.39 is 12.6 Å². The molecule has 1 saturated carbocycles. The number of carboxylic acids is 1. The third-order valence-corrected chi connectivity index (χ3v) is 4.98. The normalized spacial score (nSPS) is 18.4. The summed E-state index contributed by atoms with van der Waals surface area (Å²) >= 11 is 0. The van der Waals surface area contributed by atoms with Crippen LogP contribution in [0.15, 0.2) is 53.6 Å². The van der Waals surface area contributed by atoms with Gasteiger partial charge in [-0.25, -0.2) is 10.2 Å². The molecule has 0 aromatic heterocycles. The summed E-state index contributed by atoms with van der Waals surface area (Å²) in [5.41, 5.74) is 5.73. The zero-order chi connectivity index (χ0) is 21.0. The highest BCUT2D eigenvalue weighted by atomic mass is 16.5. The van der Waals surface area contributed by atoms with Gasteiger partial charge in [-0.05, 0) is 41.0 Å². The molecule has 2 N–H and O–H groups in total. The number of benzene rings is 2. The van der Waals surface area contributed by atoms with E-state index in [2.05, 4.69) is 55.6 Å². The number of carbonyl (C=O) groups excluding carboxylic acids is 1. The topological polar surface area (TPSA) is 88.0 Å². The van der Waals surface area contributed by atoms with Gasteiger partial charge in [0.05, 0.1) is 6.21 Å². The number of ether oxygens (including phenoxy) is 1. The third kappa shape index (κ3) is 5.44. The predicted octanol–water partition coefficient (Wildman–Crippen LogP) is 3.70. The van der Waals surface area contributed by atoms with Crippen molar-refractivity contribution >= 4 is 18.1 Å². The highest BCUT2D eigenvalue weighted by molar-refractivity contribution is 5.87. The number of para-hydroxylation sites is 1. The van der Waals surface area contributed by atoms with E-state index in [4.69, 9.17) is 9.84 Å². The second kappa shape index (κ2) is 8.47. The lowest BCUT2D eigenvalue weighted by Crippen LogP contribution is -2.20. The molecule has 3 rings (SSSR count). The lowest BCUT2D eigenvalue weighted by atomic mass is 9.86. The number of hydrogen-bond acceptors (Lipinski definition) is 4. The summed E-state index contributed by atoms with van der Waals surface area (Å²) < 4.78 is 5.22. The number of carboxylic acid groups (broad SMARTS) is 1. The predicted molar refractivity (Wildman–Crippen MR) is 111 cm³/mol. The van der Waals surface area contributed by atoms with Crippen LogP contribution in [0.2, 0.25) is 0 Å². The molecule has 2 aromatic carbocycles. The average molecular weight is 394 g/mol. The van der Waals surface area contributed by atoms with Gasteiger partial charge in [0.2, 0.25) is 5.91 Å². The second-order valence-electron chi connectivity index (χ2n) is 8.28. The molecule has 6 heteroatoms. The fourth-order valence-corrected chi connectivity index (χ4v) is 3.19. The van der Waals surface area contributed by atoms with Gasteiger partial charge >= 0.3 is 5.97 Å². The molecule has 0 heterocycles. The minimum Gasteiger partial charge on any atom is -0.481 e. The molecule has 0 unspecified atom stereocenters. The molecule has 1 aliphatic rings. The van der Waals surface area contributed by atoms with Gasteiger partial charge in [-0.2, -0.15) is 5.10 Å². The molecule has 0 spiro atoms. The lowest BCUT2D eigenvalue weighted by molar-refractivity contribution is -0.139. The third-order valence-electron chi connectivity index (χ3n) is 4.98. The Morgan fingerprint density at radius 3 is 2.52 bits per heavy atom. The van der Waals surface area contributed by atoms with Crippen LogP contribution in [-0.4, -0.2) is 29.8 Å². The number of hydrogen-bond donors (Lipinski definition) is 2. The quantitative estimate of drug-likeness (QED) is 0.554. The highest BCUT2D eigenvalue weighted by Crippen LogP contribution is 2.47. The first-order valence-electron chi connectivity index (χ1n) is 9.62. The molecule has 1 fully saturated rings. The standard InChI is InChI=1S/C23H26N2O4/c1-23(2,3)17-10-8-15(9-11-17)18-12-19(18)22(28)25-24-13-16-6-4-5-7-20(16)29-14-21(26)27/h4-11,13,18-19H,12,14H2,1-3H3,(H,25,28)(H,26,27)/b24-13+/t18-,19+/m1/s1. The molecule has 2 aromatic rings. The van der Waals surface area contributed by atoms with Crippen molar-refractivity contribution in [1.29, 1.82) is 0 Å². The van der Waals surface area contributed by atoms with Crippen LogP contribution in [-0.2, 0) is 15.0 Å². The Balaban J connectivity index is 1.55. The number of nitrogens with one attached hydrogen (secondary N) is 1. The molecule has 0 radical (unpaired) electrons. The Morgan fingerprint density at radius 1 is 1.17 bits per heavy atom. The van der Waals surface area contributed by atoms with E-state index >= 15 is 0 Å². The molecule has 29 heavy (non-hydrogen) atoms. The maximum Gasteiger partial charge on any atom is 0.341 e. The number of carbonyl (C=O) groups is 2. The second-order valence-corrected chi connectivity index (χ2v) is 8.28. The summed E-state index contributed by atoms with van der Waals surface area (Å²) in [5, 5.41) is 12.8. The van der Waals surface area contributed by atoms with Crippen molar-refractivity contribution in [3.8, 4) is 5.75 Å². The molecule has 0 aliphatic heterocycles. The zero-order valence-electron chi connectivity index (χ0n) is 16.9. The first-order chi connectivity index (χ1) is 13.8. The Hall–Kier alpha value is -3.15. The van der Waals surface area contributed by atoms with E-state index in [1.54, 1.807) is 24.3 Å². The zero-order valence-corrected chi connectivity index (χ0v) is 16.9. The van der Waals surface area contributed by atoms with Crippen molar-refractivity contribution < 1.29 is 19.4 Å². The molecule has 0 saturated heterocycles. The van der Waals surface area contributed by atoms with Gasteiger partial charge in [-0.15, -0.1) is 0 Å². The van der Waals surface area contributed by atoms with Crippen LogP contribution in [0.1, 0.15) is 49.8 Å². The van der Waals surface area contributed by atoms with E-state index in [9.17, 15) is 9.59 Å². The van der Waals surface area contributed by atoms with Crippen LogP contribution < -0.4 is 10.2 Å². The Kier molecular flexibility index (Phi) is 6.01. The smallest absolute Gasteiger partial charge is 0.341 e. The fraction of sp³-hybridized carbons (Fsp3) is 0.348. The first kappa shape index (κ1) is 20.6. The molecular weight excluding hydrogens is 368 g/mol. The maximum atomic E-state index is 12.4. The molecule has 2 atom stereocenters. The summed E-state index contributed by atoms with van der Waals surface area (Å²) in [6.07, 6.45) is 2.28. The van der Waals surface area contributed by atoms with E-state index in [0.717, 1.165) is 6.42 Å². The monoisotopic (exact) mass is 394 g/mol. The van der Waals surface area contributed by atoms with Gasteiger partial charge < -0.3 is 9.84 Å². The number of nitrogens with zero attached hydrogens (tertiary/aromatic N) is 1. The van der Waals surface area contributed by atoms with Gasteiger partial charge in [0.1, 0.15) is 5.75 Å². The first-order valence-corrected chi connectivity index (χ1v) is 9.62. The maximum absolute atomic E-state index is 12.4. The van der Waals surface area contributed by atoms with Crippen LogP contribution in [0.25, 0.3) is 0 Å². The molecule has 6 nitrogen and oxygen atoms in total. The van der Waals surface area contributed by atoms with Crippen molar-refractivity contribution in [2.24, 2.45) is 11.0 Å². The number of hydrazone groups is 1. The molecule has 1 amide bonds. The molecule has 152 valence electrons. The van der Waals surface area contributed by atoms with Gasteiger partial charge in [-0.3, -0.25) is 4.79 Å². The summed E-state index contributed by atoms with van der Waals surface area (Å²) in [7, 11) is 0. The summed E-state index contributed by atoms with van der Waals surface area (Å²) in [4.78, 5) is 23.0. The number of amides is 1. The van der Waals surface area contributed by atoms with Gasteiger partial charge in [0.25, 0.3) is 0 Å². The van der Waals surface area contributed by atoms with E-state index in [0.29, 0.717) is 11.3 Å². The minimum absolute atomic E-state index is 0.0776. The van der Waals surface area contributed by atoms with Crippen molar-refractivity contribution in [2.75, 3.05) is 6.61 Å². The summed E-state index contributed by atoms with van der Waals surface area (Å²) in [6.45, 7) is 6.10. The van der Waals surface area contributed by atoms with Crippen molar-refractivity contribution in [3.63, 3.8) is 0 Å². The van der Waals surface area contributed by atoms with Crippen LogP contribution in [0.5, 0.6) is 5.75 Å². The highest BCUT2D eigenvalue weighted by Gasteiger charge is 2.44. The van der Waals surface area contributed by atoms with Gasteiger partial charge in [0.15, 0.2) is 6.61 Å². The largest absolute Gasteiger partial charge is 0.481 e. The Bertz CT molecular complexity index is 913. The van der Waals surface area contributed by atoms with Crippen LogP contribution in [0.3, 0.4) is 0 Å². The summed E-state index contributed by atoms with van der Waals surface area (Å²) in [5.74, 6) is -0.622. The van der Waals surface area contributed by atoms with Crippen molar-refractivity contribution in [2.45, 2.75) is 38.5 Å². The van der Waals surface area contributed by atoms with Gasteiger partial charge in [0, 0.05) is 11.5 Å². The van der Waals surface area contributed by atoms with E-state index in [-0.39, 0.29) is 23.2 Å². The van der Waals surface area contributed by atoms with E-state index in [1.807, 2.05) is 0 Å². The average Bonchev–Trinajstić information content (AvgIpc) is 3.47. The fourth-order valence-electron chi connectivity index (χ4n) is 3.19. The molecular formula is C23H26N2O4. The SMILES string of the molecule is CC(C)(C)c1ccc([C@H]2C[C@@H]2C(=O)N/N=C/c2ccccc2OCC(=O)O)cc1. The molecule has 0 bridgehead atoms. The van der Waals surface area contributed by atoms with Crippen molar-refractivity contribution in [3.05, 3.63) is 65.2 Å². The van der Waals surface area contributed by atoms with Crippen LogP contribution in [0, 0.1) is 5.92 Å². The Morgan fingerprint density at radius 2 is 1.86 bits per heavy atom. The number of aliphatic carboxylic acids is 1. The molecule has 1 aliphatic carbocycles. The van der Waals surface area contributed by atoms with E-state index in [1.165, 1.54) is 17.3 Å². The van der Waals surface area contributed by atoms with Crippen LogP contribution >= 0.6 is 0 Å². The number of rotatable bonds is 7. The van der Waals surface area contributed by atoms with Crippen molar-refractivity contribution in [1.82, 2.24) is 5.43 Å². The minimum atomic E-state index is -1.06. The summed E-state index contributed by atoms with van der Waals surface area (Å²) in [6, 6.07) is 15.4. The Labute approximate surface area is 170 Å².